The third-order valence-corrected chi connectivity index (χ3v) is 4.81. The van der Waals surface area contributed by atoms with Crippen LogP contribution < -0.4 is 16.0 Å². The van der Waals surface area contributed by atoms with Crippen molar-refractivity contribution in [2.45, 2.75) is 53.1 Å². The van der Waals surface area contributed by atoms with E-state index in [1.807, 2.05) is 25.1 Å². The van der Waals surface area contributed by atoms with E-state index in [-0.39, 0.29) is 5.91 Å². The van der Waals surface area contributed by atoms with E-state index in [1.165, 1.54) is 0 Å². The highest BCUT2D eigenvalue weighted by Crippen LogP contribution is 2.22. The number of rotatable bonds is 9. The Morgan fingerprint density at radius 3 is 2.37 bits per heavy atom. The van der Waals surface area contributed by atoms with Gasteiger partial charge in [-0.05, 0) is 52.3 Å². The van der Waals surface area contributed by atoms with Crippen molar-refractivity contribution in [2.75, 3.05) is 32.0 Å². The maximum Gasteiger partial charge on any atom is 0.226 e. The molecule has 0 atom stereocenters. The minimum Gasteiger partial charge on any atom is -0.356 e. The lowest BCUT2D eigenvalue weighted by Crippen LogP contribution is -2.45. The third-order valence-electron chi connectivity index (χ3n) is 4.40. The Kier molecular flexibility index (Phi) is 10.2. The Hall–Kier alpha value is -1.79. The molecule has 0 aliphatic rings. The van der Waals surface area contributed by atoms with Gasteiger partial charge in [-0.3, -0.25) is 14.7 Å². The molecule has 7 heteroatoms. The molecule has 1 amide bonds. The molecule has 0 saturated carbocycles. The van der Waals surface area contributed by atoms with Crippen LogP contribution in [0.1, 0.15) is 39.7 Å². The zero-order chi connectivity index (χ0) is 20.4. The third kappa shape index (κ3) is 8.18. The molecule has 0 aliphatic heterocycles. The quantitative estimate of drug-likeness (QED) is 0.443. The van der Waals surface area contributed by atoms with Crippen LogP contribution in [0, 0.1) is 6.92 Å². The van der Waals surface area contributed by atoms with Gasteiger partial charge in [0.1, 0.15) is 0 Å². The zero-order valence-electron chi connectivity index (χ0n) is 17.4. The highest BCUT2D eigenvalue weighted by atomic mass is 35.5. The SMILES string of the molecule is CN=C(NCCC(=O)Nc1cccc(Cl)c1C)NCCN(C(C)C)C(C)C. The van der Waals surface area contributed by atoms with Crippen molar-refractivity contribution in [1.82, 2.24) is 15.5 Å². The summed E-state index contributed by atoms with van der Waals surface area (Å²) in [6.07, 6.45) is 0.344. The van der Waals surface area contributed by atoms with Crippen LogP contribution in [0.2, 0.25) is 5.02 Å². The van der Waals surface area contributed by atoms with Crippen molar-refractivity contribution in [1.29, 1.82) is 0 Å². The molecule has 1 aromatic rings. The molecule has 27 heavy (non-hydrogen) atoms. The number of hydrogen-bond acceptors (Lipinski definition) is 3. The summed E-state index contributed by atoms with van der Waals surface area (Å²) in [7, 11) is 1.73. The Bertz CT molecular complexity index is 623. The molecular formula is C20H34ClN5O. The van der Waals surface area contributed by atoms with E-state index >= 15 is 0 Å². The fraction of sp³-hybridized carbons (Fsp3) is 0.600. The van der Waals surface area contributed by atoms with Crippen molar-refractivity contribution >= 4 is 29.2 Å². The van der Waals surface area contributed by atoms with Crippen molar-refractivity contribution in [3.05, 3.63) is 28.8 Å². The molecule has 0 saturated heterocycles. The number of nitrogens with one attached hydrogen (secondary N) is 3. The highest BCUT2D eigenvalue weighted by Gasteiger charge is 2.13. The van der Waals surface area contributed by atoms with Gasteiger partial charge >= 0.3 is 0 Å². The summed E-state index contributed by atoms with van der Waals surface area (Å²) >= 11 is 6.08. The average molecular weight is 396 g/mol. The molecule has 0 heterocycles. The van der Waals surface area contributed by atoms with Crippen LogP contribution in [0.5, 0.6) is 0 Å². The van der Waals surface area contributed by atoms with Gasteiger partial charge in [-0.2, -0.15) is 0 Å². The lowest BCUT2D eigenvalue weighted by atomic mass is 10.2. The summed E-state index contributed by atoms with van der Waals surface area (Å²) in [6, 6.07) is 6.49. The lowest BCUT2D eigenvalue weighted by molar-refractivity contribution is -0.116. The largest absolute Gasteiger partial charge is 0.356 e. The van der Waals surface area contributed by atoms with Crippen molar-refractivity contribution in [3.63, 3.8) is 0 Å². The molecule has 1 aromatic carbocycles. The first-order valence-corrected chi connectivity index (χ1v) is 9.89. The molecule has 0 bridgehead atoms. The molecule has 0 aromatic heterocycles. The van der Waals surface area contributed by atoms with Crippen molar-refractivity contribution < 1.29 is 4.79 Å². The molecule has 0 radical (unpaired) electrons. The van der Waals surface area contributed by atoms with Crippen LogP contribution in [0.3, 0.4) is 0 Å². The lowest BCUT2D eigenvalue weighted by Gasteiger charge is -2.30. The summed E-state index contributed by atoms with van der Waals surface area (Å²) < 4.78 is 0. The molecule has 0 fully saturated rings. The molecule has 0 unspecified atom stereocenters. The van der Waals surface area contributed by atoms with E-state index in [0.29, 0.717) is 36.0 Å². The maximum atomic E-state index is 12.1. The first kappa shape index (κ1) is 23.2. The first-order valence-electron chi connectivity index (χ1n) is 9.51. The smallest absolute Gasteiger partial charge is 0.226 e. The summed E-state index contributed by atoms with van der Waals surface area (Å²) in [5.41, 5.74) is 1.62. The number of carbonyl (C=O) groups excluding carboxylic acids is 1. The Morgan fingerprint density at radius 2 is 1.78 bits per heavy atom. The number of hydrogen-bond donors (Lipinski definition) is 3. The Labute approximate surface area is 168 Å². The highest BCUT2D eigenvalue weighted by molar-refractivity contribution is 6.31. The second kappa shape index (κ2) is 11.8. The number of aliphatic imine (C=N–C) groups is 1. The fourth-order valence-electron chi connectivity index (χ4n) is 2.89. The van der Waals surface area contributed by atoms with Crippen LogP contribution in [0.25, 0.3) is 0 Å². The predicted molar refractivity (Wildman–Crippen MR) is 116 cm³/mol. The van der Waals surface area contributed by atoms with Crippen molar-refractivity contribution in [2.24, 2.45) is 4.99 Å². The van der Waals surface area contributed by atoms with Gasteiger partial charge in [-0.25, -0.2) is 0 Å². The average Bonchev–Trinajstić information content (AvgIpc) is 2.60. The first-order chi connectivity index (χ1) is 12.8. The van der Waals surface area contributed by atoms with Crippen LogP contribution in [-0.2, 0) is 4.79 Å². The molecule has 6 nitrogen and oxygen atoms in total. The number of benzene rings is 1. The Morgan fingerprint density at radius 1 is 1.15 bits per heavy atom. The van der Waals surface area contributed by atoms with E-state index in [1.54, 1.807) is 7.05 Å². The predicted octanol–water partition coefficient (Wildman–Crippen LogP) is 3.26. The Balaban J connectivity index is 2.36. The van der Waals surface area contributed by atoms with Crippen LogP contribution in [0.4, 0.5) is 5.69 Å². The monoisotopic (exact) mass is 395 g/mol. The molecule has 152 valence electrons. The second-order valence-electron chi connectivity index (χ2n) is 7.06. The van der Waals surface area contributed by atoms with Crippen LogP contribution in [-0.4, -0.2) is 55.5 Å². The van der Waals surface area contributed by atoms with E-state index < -0.39 is 0 Å². The molecule has 3 N–H and O–H groups in total. The number of anilines is 1. The summed E-state index contributed by atoms with van der Waals surface area (Å²) in [4.78, 5) is 18.8. The molecule has 0 aliphatic carbocycles. The summed E-state index contributed by atoms with van der Waals surface area (Å²) in [5, 5.41) is 10.0. The van der Waals surface area contributed by atoms with Gasteiger partial charge in [0.25, 0.3) is 0 Å². The standard InChI is InChI=1S/C20H34ClN5O/c1-14(2)26(15(3)4)13-12-24-20(22-6)23-11-10-19(27)25-18-9-7-8-17(21)16(18)5/h7-9,14-15H,10-13H2,1-6H3,(H,25,27)(H2,22,23,24). The van der Waals surface area contributed by atoms with Gasteiger partial charge in [0.05, 0.1) is 0 Å². The molecular weight excluding hydrogens is 362 g/mol. The van der Waals surface area contributed by atoms with Gasteiger partial charge in [-0.15, -0.1) is 0 Å². The van der Waals surface area contributed by atoms with Gasteiger partial charge in [-0.1, -0.05) is 17.7 Å². The number of halogens is 1. The zero-order valence-corrected chi connectivity index (χ0v) is 18.2. The minimum absolute atomic E-state index is 0.0610. The van der Waals surface area contributed by atoms with Gasteiger partial charge in [0, 0.05) is 55.9 Å². The van der Waals surface area contributed by atoms with E-state index in [2.05, 4.69) is 53.5 Å². The van der Waals surface area contributed by atoms with Crippen molar-refractivity contribution in [3.8, 4) is 0 Å². The van der Waals surface area contributed by atoms with Gasteiger partial charge < -0.3 is 16.0 Å². The molecule has 1 rings (SSSR count). The maximum absolute atomic E-state index is 12.1. The summed E-state index contributed by atoms with van der Waals surface area (Å²) in [6.45, 7) is 12.9. The second-order valence-corrected chi connectivity index (χ2v) is 7.47. The fourth-order valence-corrected chi connectivity index (χ4v) is 3.06. The number of carbonyl (C=O) groups is 1. The van der Waals surface area contributed by atoms with E-state index in [4.69, 9.17) is 11.6 Å². The number of amides is 1. The van der Waals surface area contributed by atoms with E-state index in [0.717, 1.165) is 24.3 Å². The van der Waals surface area contributed by atoms with E-state index in [9.17, 15) is 4.79 Å². The van der Waals surface area contributed by atoms with Crippen LogP contribution >= 0.6 is 11.6 Å². The van der Waals surface area contributed by atoms with Gasteiger partial charge in [0.2, 0.25) is 5.91 Å². The van der Waals surface area contributed by atoms with Crippen LogP contribution in [0.15, 0.2) is 23.2 Å². The normalized spacial score (nSPS) is 12.0. The number of guanidine groups is 1. The summed E-state index contributed by atoms with van der Waals surface area (Å²) in [5.74, 6) is 0.642. The topological polar surface area (TPSA) is 68.8 Å². The minimum atomic E-state index is -0.0610. The molecule has 0 spiro atoms. The van der Waals surface area contributed by atoms with Gasteiger partial charge in [0.15, 0.2) is 5.96 Å². The number of nitrogens with zero attached hydrogens (tertiary/aromatic N) is 2.